The standard InChI is InChI=1S/C26H44N2O3/c1-20(2)18-26(30-6,19-21(3)4)25(29)27-23-11-13-24(14-12-23)31-17-9-16-28-15-8-7-10-22(28)5/h11-14,20-22H,7-10,15-19H2,1-6H3,(H,27,29)/t22-/m1/s1. The number of piperidine rings is 1. The van der Waals surface area contributed by atoms with Crippen molar-refractivity contribution >= 4 is 11.6 Å². The highest BCUT2D eigenvalue weighted by atomic mass is 16.5. The Morgan fingerprint density at radius 3 is 2.32 bits per heavy atom. The Hall–Kier alpha value is -1.59. The van der Waals surface area contributed by atoms with Crippen LogP contribution in [-0.4, -0.2) is 49.3 Å². The predicted octanol–water partition coefficient (Wildman–Crippen LogP) is 5.75. The lowest BCUT2D eigenvalue weighted by Crippen LogP contribution is -2.46. The minimum absolute atomic E-state index is 0.0679. The van der Waals surface area contributed by atoms with Gasteiger partial charge in [0, 0.05) is 25.4 Å². The molecule has 1 atom stereocenters. The van der Waals surface area contributed by atoms with E-state index in [0.29, 0.717) is 37.3 Å². The number of amides is 1. The molecule has 1 aromatic rings. The molecule has 1 heterocycles. The van der Waals surface area contributed by atoms with E-state index in [9.17, 15) is 4.79 Å². The number of methoxy groups -OCH3 is 1. The first-order valence-corrected chi connectivity index (χ1v) is 12.1. The van der Waals surface area contributed by atoms with Crippen LogP contribution < -0.4 is 10.1 Å². The summed E-state index contributed by atoms with van der Waals surface area (Å²) in [7, 11) is 1.64. The number of nitrogens with one attached hydrogen (secondary N) is 1. The minimum Gasteiger partial charge on any atom is -0.494 e. The van der Waals surface area contributed by atoms with Crippen molar-refractivity contribution in [3.05, 3.63) is 24.3 Å². The summed E-state index contributed by atoms with van der Waals surface area (Å²) < 4.78 is 11.7. The average Bonchev–Trinajstić information content (AvgIpc) is 2.72. The van der Waals surface area contributed by atoms with E-state index in [2.05, 4.69) is 44.8 Å². The van der Waals surface area contributed by atoms with Crippen molar-refractivity contribution in [3.63, 3.8) is 0 Å². The van der Waals surface area contributed by atoms with Gasteiger partial charge in [0.1, 0.15) is 11.4 Å². The average molecular weight is 433 g/mol. The Labute approximate surface area is 189 Å². The smallest absolute Gasteiger partial charge is 0.256 e. The van der Waals surface area contributed by atoms with Crippen LogP contribution in [0.1, 0.15) is 73.1 Å². The van der Waals surface area contributed by atoms with Crippen LogP contribution in [0.25, 0.3) is 0 Å². The molecule has 0 unspecified atom stereocenters. The van der Waals surface area contributed by atoms with Gasteiger partial charge in [-0.2, -0.15) is 0 Å². The molecule has 1 aliphatic heterocycles. The van der Waals surface area contributed by atoms with Crippen molar-refractivity contribution in [1.82, 2.24) is 4.90 Å². The van der Waals surface area contributed by atoms with Gasteiger partial charge in [0.15, 0.2) is 0 Å². The predicted molar refractivity (Wildman–Crippen MR) is 129 cm³/mol. The lowest BCUT2D eigenvalue weighted by atomic mass is 9.84. The van der Waals surface area contributed by atoms with Crippen LogP contribution >= 0.6 is 0 Å². The first kappa shape index (κ1) is 25.7. The molecule has 5 heteroatoms. The lowest BCUT2D eigenvalue weighted by Gasteiger charge is -2.34. The van der Waals surface area contributed by atoms with Crippen molar-refractivity contribution < 1.29 is 14.3 Å². The van der Waals surface area contributed by atoms with Gasteiger partial charge in [0.05, 0.1) is 6.61 Å². The van der Waals surface area contributed by atoms with Gasteiger partial charge in [-0.05, 0) is 81.7 Å². The van der Waals surface area contributed by atoms with Crippen molar-refractivity contribution in [1.29, 1.82) is 0 Å². The Morgan fingerprint density at radius 2 is 1.77 bits per heavy atom. The normalized spacial score (nSPS) is 17.9. The van der Waals surface area contributed by atoms with Crippen LogP contribution in [0.15, 0.2) is 24.3 Å². The third kappa shape index (κ3) is 8.12. The highest BCUT2D eigenvalue weighted by Gasteiger charge is 2.39. The van der Waals surface area contributed by atoms with E-state index in [1.807, 2.05) is 24.3 Å². The fourth-order valence-corrected chi connectivity index (χ4v) is 4.67. The van der Waals surface area contributed by atoms with Crippen LogP contribution in [0.2, 0.25) is 0 Å². The highest BCUT2D eigenvalue weighted by Crippen LogP contribution is 2.30. The van der Waals surface area contributed by atoms with Crippen LogP contribution in [-0.2, 0) is 9.53 Å². The summed E-state index contributed by atoms with van der Waals surface area (Å²) in [5.41, 5.74) is -0.0308. The van der Waals surface area contributed by atoms with Gasteiger partial charge in [-0.25, -0.2) is 0 Å². The number of ether oxygens (including phenoxy) is 2. The SMILES string of the molecule is COC(CC(C)C)(CC(C)C)C(=O)Nc1ccc(OCCCN2CCCC[C@H]2C)cc1. The molecule has 0 radical (unpaired) electrons. The largest absolute Gasteiger partial charge is 0.494 e. The summed E-state index contributed by atoms with van der Waals surface area (Å²) in [5, 5.41) is 3.06. The fraction of sp³-hybridized carbons (Fsp3) is 0.731. The highest BCUT2D eigenvalue weighted by molar-refractivity contribution is 5.97. The molecule has 0 aromatic heterocycles. The minimum atomic E-state index is -0.802. The Morgan fingerprint density at radius 1 is 1.13 bits per heavy atom. The zero-order chi connectivity index (χ0) is 22.9. The molecule has 2 rings (SSSR count). The molecular formula is C26H44N2O3. The second-order valence-electron chi connectivity index (χ2n) is 9.96. The van der Waals surface area contributed by atoms with Crippen LogP contribution in [0, 0.1) is 11.8 Å². The van der Waals surface area contributed by atoms with Crippen molar-refractivity contribution in [2.24, 2.45) is 11.8 Å². The van der Waals surface area contributed by atoms with E-state index in [4.69, 9.17) is 9.47 Å². The molecule has 5 nitrogen and oxygen atoms in total. The fourth-order valence-electron chi connectivity index (χ4n) is 4.67. The first-order valence-electron chi connectivity index (χ1n) is 12.1. The number of carbonyl (C=O) groups excluding carboxylic acids is 1. The Bertz CT molecular complexity index is 647. The maximum absolute atomic E-state index is 13.1. The Kier molecular flexibility index (Phi) is 10.3. The van der Waals surface area contributed by atoms with Crippen LogP contribution in [0.4, 0.5) is 5.69 Å². The number of anilines is 1. The maximum atomic E-state index is 13.1. The molecule has 1 N–H and O–H groups in total. The van der Waals surface area contributed by atoms with Gasteiger partial charge in [-0.3, -0.25) is 4.79 Å². The van der Waals surface area contributed by atoms with E-state index in [1.165, 1.54) is 25.8 Å². The molecule has 0 spiro atoms. The van der Waals surface area contributed by atoms with Gasteiger partial charge in [0.25, 0.3) is 5.91 Å². The zero-order valence-electron chi connectivity index (χ0n) is 20.6. The van der Waals surface area contributed by atoms with E-state index in [0.717, 1.165) is 24.4 Å². The van der Waals surface area contributed by atoms with E-state index < -0.39 is 5.60 Å². The third-order valence-corrected chi connectivity index (χ3v) is 6.19. The van der Waals surface area contributed by atoms with Gasteiger partial charge in [0.2, 0.25) is 0 Å². The number of carbonyl (C=O) groups is 1. The summed E-state index contributed by atoms with van der Waals surface area (Å²) >= 11 is 0. The number of nitrogens with zero attached hydrogens (tertiary/aromatic N) is 1. The van der Waals surface area contributed by atoms with Crippen molar-refractivity contribution in [3.8, 4) is 5.75 Å². The summed E-state index contributed by atoms with van der Waals surface area (Å²) in [6.07, 6.45) is 6.42. The molecular weight excluding hydrogens is 388 g/mol. The number of rotatable bonds is 12. The van der Waals surface area contributed by atoms with Gasteiger partial charge in [-0.1, -0.05) is 34.1 Å². The lowest BCUT2D eigenvalue weighted by molar-refractivity contribution is -0.142. The molecule has 176 valence electrons. The zero-order valence-corrected chi connectivity index (χ0v) is 20.6. The summed E-state index contributed by atoms with van der Waals surface area (Å²) in [6.45, 7) is 13.8. The Balaban J connectivity index is 1.86. The monoisotopic (exact) mass is 432 g/mol. The number of likely N-dealkylation sites (tertiary alicyclic amines) is 1. The molecule has 1 aromatic carbocycles. The van der Waals surface area contributed by atoms with E-state index in [1.54, 1.807) is 7.11 Å². The third-order valence-electron chi connectivity index (χ3n) is 6.19. The number of hydrogen-bond donors (Lipinski definition) is 1. The summed E-state index contributed by atoms with van der Waals surface area (Å²) in [6, 6.07) is 8.37. The molecule has 1 amide bonds. The van der Waals surface area contributed by atoms with Gasteiger partial charge >= 0.3 is 0 Å². The second-order valence-corrected chi connectivity index (χ2v) is 9.96. The maximum Gasteiger partial charge on any atom is 0.256 e. The molecule has 31 heavy (non-hydrogen) atoms. The van der Waals surface area contributed by atoms with Gasteiger partial charge < -0.3 is 19.7 Å². The molecule has 1 fully saturated rings. The molecule has 1 aliphatic rings. The number of hydrogen-bond acceptors (Lipinski definition) is 4. The van der Waals surface area contributed by atoms with E-state index in [-0.39, 0.29) is 5.91 Å². The summed E-state index contributed by atoms with van der Waals surface area (Å²) in [4.78, 5) is 15.7. The van der Waals surface area contributed by atoms with Crippen LogP contribution in [0.5, 0.6) is 5.75 Å². The van der Waals surface area contributed by atoms with E-state index >= 15 is 0 Å². The van der Waals surface area contributed by atoms with Crippen molar-refractivity contribution in [2.45, 2.75) is 84.8 Å². The molecule has 0 bridgehead atoms. The molecule has 0 aliphatic carbocycles. The molecule has 0 saturated carbocycles. The van der Waals surface area contributed by atoms with Gasteiger partial charge in [-0.15, -0.1) is 0 Å². The first-order chi connectivity index (χ1) is 14.8. The molecule has 1 saturated heterocycles. The van der Waals surface area contributed by atoms with Crippen LogP contribution in [0.3, 0.4) is 0 Å². The second kappa shape index (κ2) is 12.4. The summed E-state index contributed by atoms with van der Waals surface area (Å²) in [5.74, 6) is 1.51. The van der Waals surface area contributed by atoms with Crippen molar-refractivity contribution in [2.75, 3.05) is 32.1 Å². The quantitative estimate of drug-likeness (QED) is 0.428. The number of benzene rings is 1. The topological polar surface area (TPSA) is 50.8 Å².